The third-order valence-corrected chi connectivity index (χ3v) is 18.0. The van der Waals surface area contributed by atoms with Gasteiger partial charge in [0.2, 0.25) is 0 Å². The second kappa shape index (κ2) is 13.4. The number of thiophene rings is 1. The van der Waals surface area contributed by atoms with Crippen LogP contribution in [-0.4, -0.2) is 11.8 Å². The molecule has 0 atom stereocenters. The molecule has 11 aromatic rings. The minimum Gasteiger partial charge on any atom is -0.455 e. The number of anilines is 2. The third-order valence-electron chi connectivity index (χ3n) is 16.8. The average Bonchev–Trinajstić information content (AvgIpc) is 4.04. The van der Waals surface area contributed by atoms with Crippen LogP contribution in [0.15, 0.2) is 138 Å². The minimum atomic E-state index is -0.118. The summed E-state index contributed by atoms with van der Waals surface area (Å²) in [6.45, 7) is 21.4. The van der Waals surface area contributed by atoms with E-state index < -0.39 is 0 Å². The molecule has 4 heterocycles. The first kappa shape index (κ1) is 40.5. The predicted molar refractivity (Wildman–Crippen MR) is 294 cm³/mol. The lowest BCUT2D eigenvalue weighted by molar-refractivity contribution is 0.332. The van der Waals surface area contributed by atoms with Crippen molar-refractivity contribution in [1.82, 2.24) is 4.57 Å². The van der Waals surface area contributed by atoms with Crippen LogP contribution in [0.5, 0.6) is 0 Å². The molecule has 0 saturated carbocycles. The van der Waals surface area contributed by atoms with E-state index in [9.17, 15) is 0 Å². The largest absolute Gasteiger partial charge is 0.455 e. The Morgan fingerprint density at radius 1 is 0.588 bits per heavy atom. The van der Waals surface area contributed by atoms with E-state index in [4.69, 9.17) is 4.42 Å². The van der Waals surface area contributed by atoms with Crippen molar-refractivity contribution in [2.45, 2.75) is 96.8 Å². The van der Waals surface area contributed by atoms with Crippen LogP contribution in [0.25, 0.3) is 91.9 Å². The lowest BCUT2D eigenvalue weighted by atomic mass is 9.58. The summed E-state index contributed by atoms with van der Waals surface area (Å²) in [7, 11) is 0.818. The summed E-state index contributed by atoms with van der Waals surface area (Å²) in [6.07, 6.45) is 2.40. The number of para-hydroxylation sites is 1. The topological polar surface area (TPSA) is 30.1 Å². The highest BCUT2D eigenvalue weighted by molar-refractivity contribution is 7.25. The van der Waals surface area contributed by atoms with Crippen LogP contribution in [0.4, 0.5) is 11.4 Å². The molecule has 0 saturated heterocycles. The molecule has 0 bridgehead atoms. The van der Waals surface area contributed by atoms with Gasteiger partial charge in [-0.15, -0.1) is 11.3 Å². The van der Waals surface area contributed by atoms with Crippen LogP contribution in [0.3, 0.4) is 0 Å². The minimum absolute atomic E-state index is 0.0679. The van der Waals surface area contributed by atoms with E-state index in [0.29, 0.717) is 0 Å². The molecule has 1 aliphatic heterocycles. The van der Waals surface area contributed by atoms with Gasteiger partial charge in [0.15, 0.2) is 7.28 Å². The fraction of sp³-hybridized carbons (Fsp3) is 0.238. The van der Waals surface area contributed by atoms with Gasteiger partial charge < -0.3 is 14.3 Å². The molecule has 0 fully saturated rings. The summed E-state index contributed by atoms with van der Waals surface area (Å²) in [5.41, 5.74) is 23.1. The number of rotatable bonds is 3. The van der Waals surface area contributed by atoms with Gasteiger partial charge in [-0.2, -0.15) is 0 Å². The number of furan rings is 1. The second-order valence-electron chi connectivity index (χ2n) is 23.2. The van der Waals surface area contributed by atoms with Crippen molar-refractivity contribution >= 4 is 105 Å². The Morgan fingerprint density at radius 3 is 2.09 bits per heavy atom. The lowest BCUT2D eigenvalue weighted by Gasteiger charge is -2.41. The SMILES string of the molecule is CC(C)(C)c1ccc(Nc2cc3c(cc2-c2ccc4c5c6oc7ccccc7c6ccc5n5c4c2Bc2cc4c(cc2-5)C(C)(C)c2ccccc2-4)sc2cc4c(cc23)C(C)(C)CCC4(C)C)cc1. The molecule has 0 radical (unpaired) electrons. The second-order valence-corrected chi connectivity index (χ2v) is 24.3. The van der Waals surface area contributed by atoms with Crippen molar-refractivity contribution in [1.29, 1.82) is 0 Å². The van der Waals surface area contributed by atoms with Crippen LogP contribution in [-0.2, 0) is 21.7 Å². The average molecular weight is 899 g/mol. The highest BCUT2D eigenvalue weighted by atomic mass is 32.1. The molecule has 0 amide bonds. The van der Waals surface area contributed by atoms with Gasteiger partial charge in [0.05, 0.1) is 10.9 Å². The zero-order chi connectivity index (χ0) is 46.4. The van der Waals surface area contributed by atoms with Crippen LogP contribution in [0, 0.1) is 0 Å². The molecular formula is C63H55BN2OS. The molecule has 8 aromatic carbocycles. The maximum atomic E-state index is 6.88. The van der Waals surface area contributed by atoms with Crippen molar-refractivity contribution < 1.29 is 4.42 Å². The van der Waals surface area contributed by atoms with Gasteiger partial charge in [-0.1, -0.05) is 141 Å². The quantitative estimate of drug-likeness (QED) is 0.179. The Bertz CT molecular complexity index is 4030. The van der Waals surface area contributed by atoms with Gasteiger partial charge in [0.25, 0.3) is 0 Å². The number of fused-ring (bicyclic) bond motifs is 16. The van der Waals surface area contributed by atoms with Crippen molar-refractivity contribution in [3.05, 3.63) is 161 Å². The van der Waals surface area contributed by atoms with Crippen LogP contribution >= 0.6 is 11.3 Å². The maximum absolute atomic E-state index is 6.88. The maximum Gasteiger partial charge on any atom is 0.198 e. The number of hydrogen-bond acceptors (Lipinski definition) is 3. The summed E-state index contributed by atoms with van der Waals surface area (Å²) >= 11 is 1.96. The summed E-state index contributed by atoms with van der Waals surface area (Å²) in [4.78, 5) is 0. The molecule has 0 spiro atoms. The summed E-state index contributed by atoms with van der Waals surface area (Å²) in [5.74, 6) is 0. The van der Waals surface area contributed by atoms with Gasteiger partial charge in [0, 0.05) is 69.9 Å². The van der Waals surface area contributed by atoms with Gasteiger partial charge in [0.1, 0.15) is 11.2 Å². The Hall–Kier alpha value is -6.56. The van der Waals surface area contributed by atoms with E-state index in [1.165, 1.54) is 122 Å². The van der Waals surface area contributed by atoms with Crippen molar-refractivity contribution in [3.63, 3.8) is 0 Å². The van der Waals surface area contributed by atoms with Crippen LogP contribution in [0.2, 0.25) is 0 Å². The van der Waals surface area contributed by atoms with E-state index in [1.54, 1.807) is 0 Å². The van der Waals surface area contributed by atoms with E-state index >= 15 is 0 Å². The molecule has 68 heavy (non-hydrogen) atoms. The van der Waals surface area contributed by atoms with E-state index in [2.05, 4.69) is 206 Å². The highest BCUT2D eigenvalue weighted by Crippen LogP contribution is 2.52. The molecule has 3 aromatic heterocycles. The van der Waals surface area contributed by atoms with E-state index in [1.807, 2.05) is 11.3 Å². The smallest absolute Gasteiger partial charge is 0.198 e. The molecule has 5 heteroatoms. The zero-order valence-electron chi connectivity index (χ0n) is 40.6. The molecule has 332 valence electrons. The van der Waals surface area contributed by atoms with Crippen molar-refractivity contribution in [2.24, 2.45) is 0 Å². The van der Waals surface area contributed by atoms with Crippen LogP contribution < -0.4 is 16.2 Å². The Morgan fingerprint density at radius 2 is 1.29 bits per heavy atom. The number of aromatic nitrogens is 1. The summed E-state index contributed by atoms with van der Waals surface area (Å²) in [6, 6.07) is 51.3. The van der Waals surface area contributed by atoms with Crippen molar-refractivity contribution in [3.8, 4) is 27.9 Å². The molecule has 0 unspecified atom stereocenters. The van der Waals surface area contributed by atoms with E-state index in [0.717, 1.165) is 40.6 Å². The Kier molecular flexibility index (Phi) is 7.96. The molecule has 1 N–H and O–H groups in total. The van der Waals surface area contributed by atoms with Gasteiger partial charge in [-0.3, -0.25) is 0 Å². The Labute approximate surface area is 403 Å². The van der Waals surface area contributed by atoms with Crippen LogP contribution in [0.1, 0.15) is 103 Å². The third kappa shape index (κ3) is 5.48. The standard InChI is InChI=1S/C63H55BN2OS/c1-60(2,3)34-18-20-35(21-19-34)65-50-30-44-43-28-47-48(62(6,7)27-26-61(47,4)5)33-55(43)68-54(44)31-42(50)38-22-23-40-56-51(25-24-39-37-15-11-13-17-53(37)67-59(39)56)66-52-32-46-41(29-49(52)64-57(38)58(40)66)36-14-10-12-16-45(36)63(46,8)9/h10-25,28-33,64-65H,26-27H2,1-9H3. The summed E-state index contributed by atoms with van der Waals surface area (Å²) in [5, 5.41) is 11.5. The highest BCUT2D eigenvalue weighted by Gasteiger charge is 2.40. The van der Waals surface area contributed by atoms with Gasteiger partial charge in [-0.05, 0) is 140 Å². The molecule has 3 nitrogen and oxygen atoms in total. The number of nitrogens with one attached hydrogen (secondary N) is 1. The first-order valence-electron chi connectivity index (χ1n) is 24.7. The molecular weight excluding hydrogens is 844 g/mol. The molecule has 14 rings (SSSR count). The number of hydrogen-bond donors (Lipinski definition) is 1. The van der Waals surface area contributed by atoms with E-state index in [-0.39, 0.29) is 21.7 Å². The lowest BCUT2D eigenvalue weighted by Crippen LogP contribution is -2.37. The molecule has 3 aliphatic rings. The van der Waals surface area contributed by atoms with Gasteiger partial charge in [-0.25, -0.2) is 0 Å². The first-order valence-corrected chi connectivity index (χ1v) is 25.5. The number of nitrogens with zero attached hydrogens (tertiary/aromatic N) is 1. The zero-order valence-corrected chi connectivity index (χ0v) is 41.4. The number of benzene rings is 8. The van der Waals surface area contributed by atoms with Gasteiger partial charge >= 0.3 is 0 Å². The first-order chi connectivity index (χ1) is 32.5. The molecule has 2 aliphatic carbocycles. The fourth-order valence-corrected chi connectivity index (χ4v) is 14.0. The monoisotopic (exact) mass is 898 g/mol. The fourth-order valence-electron chi connectivity index (χ4n) is 12.9. The Balaban J connectivity index is 1.06. The normalized spacial score (nSPS) is 16.4. The van der Waals surface area contributed by atoms with Crippen molar-refractivity contribution in [2.75, 3.05) is 5.32 Å². The predicted octanol–water partition coefficient (Wildman–Crippen LogP) is 16.1. The summed E-state index contributed by atoms with van der Waals surface area (Å²) < 4.78 is 12.2.